The van der Waals surface area contributed by atoms with Crippen molar-refractivity contribution in [1.29, 1.82) is 0 Å². The minimum absolute atomic E-state index is 0.180. The first kappa shape index (κ1) is 18.0. The molecule has 1 aromatic heterocycles. The van der Waals surface area contributed by atoms with Crippen molar-refractivity contribution in [3.05, 3.63) is 58.9 Å². The zero-order chi connectivity index (χ0) is 17.8. The predicted octanol–water partition coefficient (Wildman–Crippen LogP) is 2.97. The second-order valence-electron chi connectivity index (χ2n) is 6.62. The Bertz CT molecular complexity index is 731. The van der Waals surface area contributed by atoms with Gasteiger partial charge in [-0.3, -0.25) is 10.00 Å². The quantitative estimate of drug-likeness (QED) is 0.744. The first-order valence-corrected chi connectivity index (χ1v) is 8.86. The molecule has 1 aliphatic rings. The number of halogens is 1. The van der Waals surface area contributed by atoms with Gasteiger partial charge in [0.2, 0.25) is 0 Å². The zero-order valence-corrected chi connectivity index (χ0v) is 15.2. The topological polar surface area (TPSA) is 61.4 Å². The Balaban J connectivity index is 1.65. The third-order valence-corrected chi connectivity index (χ3v) is 4.72. The largest absolute Gasteiger partial charge is 0.489 e. The van der Waals surface area contributed by atoms with Gasteiger partial charge in [0.1, 0.15) is 12.4 Å². The Morgan fingerprint density at radius 2 is 2.28 bits per heavy atom. The summed E-state index contributed by atoms with van der Waals surface area (Å²) in [7, 11) is 0. The van der Waals surface area contributed by atoms with E-state index in [1.165, 1.54) is 0 Å². The van der Waals surface area contributed by atoms with Crippen molar-refractivity contribution in [1.82, 2.24) is 15.1 Å². The summed E-state index contributed by atoms with van der Waals surface area (Å²) in [4.78, 5) is 2.24. The van der Waals surface area contributed by atoms with Gasteiger partial charge in [-0.05, 0) is 37.6 Å². The molecule has 0 aliphatic carbocycles. The van der Waals surface area contributed by atoms with E-state index in [1.807, 2.05) is 31.2 Å². The van der Waals surface area contributed by atoms with E-state index < -0.39 is 0 Å². The molecule has 0 saturated carbocycles. The number of aromatic nitrogens is 2. The fraction of sp³-hybridized carbons (Fsp3) is 0.421. The standard InChI is InChI=1S/C19H24ClN3O2/c1-3-6-25-19-5-4-16(20)8-15(19)11-23-10-14(18(24)12-23)9-17-7-13(2)21-22-17/h3-5,7-8,14,18,24H,1,6,9-12H2,2H3,(H,21,22). The van der Waals surface area contributed by atoms with Crippen LogP contribution in [0.25, 0.3) is 0 Å². The van der Waals surface area contributed by atoms with E-state index in [1.54, 1.807) is 6.08 Å². The number of benzene rings is 1. The van der Waals surface area contributed by atoms with Crippen LogP contribution in [0, 0.1) is 12.8 Å². The molecule has 2 heterocycles. The maximum Gasteiger partial charge on any atom is 0.124 e. The van der Waals surface area contributed by atoms with Gasteiger partial charge >= 0.3 is 0 Å². The summed E-state index contributed by atoms with van der Waals surface area (Å²) < 4.78 is 5.72. The molecule has 0 radical (unpaired) electrons. The highest BCUT2D eigenvalue weighted by atomic mass is 35.5. The highest BCUT2D eigenvalue weighted by Crippen LogP contribution is 2.28. The van der Waals surface area contributed by atoms with Crippen LogP contribution in [0.2, 0.25) is 5.02 Å². The lowest BCUT2D eigenvalue weighted by molar-refractivity contribution is 0.140. The average Bonchev–Trinajstić information content (AvgIpc) is 3.13. The number of nitrogens with zero attached hydrogens (tertiary/aromatic N) is 2. The molecular weight excluding hydrogens is 338 g/mol. The van der Waals surface area contributed by atoms with E-state index in [9.17, 15) is 5.11 Å². The number of H-pyrrole nitrogens is 1. The Kier molecular flexibility index (Phi) is 5.78. The molecule has 1 saturated heterocycles. The Labute approximate surface area is 153 Å². The average molecular weight is 362 g/mol. The molecule has 1 fully saturated rings. The Morgan fingerprint density at radius 1 is 1.44 bits per heavy atom. The number of hydrogen-bond donors (Lipinski definition) is 2. The lowest BCUT2D eigenvalue weighted by Crippen LogP contribution is -2.21. The van der Waals surface area contributed by atoms with Gasteiger partial charge in [0.05, 0.1) is 11.8 Å². The number of nitrogens with one attached hydrogen (secondary N) is 1. The van der Waals surface area contributed by atoms with Gasteiger partial charge in [-0.2, -0.15) is 5.10 Å². The molecule has 2 unspecified atom stereocenters. The zero-order valence-electron chi connectivity index (χ0n) is 14.4. The van der Waals surface area contributed by atoms with Crippen LogP contribution >= 0.6 is 11.6 Å². The van der Waals surface area contributed by atoms with E-state index in [-0.39, 0.29) is 12.0 Å². The number of ether oxygens (including phenoxy) is 1. The van der Waals surface area contributed by atoms with Crippen molar-refractivity contribution in [2.45, 2.75) is 26.0 Å². The first-order chi connectivity index (χ1) is 12.0. The summed E-state index contributed by atoms with van der Waals surface area (Å²) in [5.74, 6) is 0.990. The van der Waals surface area contributed by atoms with Crippen molar-refractivity contribution in [2.24, 2.45) is 5.92 Å². The number of rotatable bonds is 7. The second-order valence-corrected chi connectivity index (χ2v) is 7.06. The minimum Gasteiger partial charge on any atom is -0.489 e. The maximum absolute atomic E-state index is 10.4. The Morgan fingerprint density at radius 3 is 3.00 bits per heavy atom. The van der Waals surface area contributed by atoms with Gasteiger partial charge in [0, 0.05) is 41.8 Å². The van der Waals surface area contributed by atoms with Crippen molar-refractivity contribution < 1.29 is 9.84 Å². The van der Waals surface area contributed by atoms with Crippen LogP contribution in [0.15, 0.2) is 36.9 Å². The summed E-state index contributed by atoms with van der Waals surface area (Å²) in [6.07, 6.45) is 2.14. The van der Waals surface area contributed by atoms with Gasteiger partial charge in [0.15, 0.2) is 0 Å². The lowest BCUT2D eigenvalue weighted by atomic mass is 10.0. The van der Waals surface area contributed by atoms with E-state index in [0.717, 1.165) is 35.7 Å². The van der Waals surface area contributed by atoms with Gasteiger partial charge in [0.25, 0.3) is 0 Å². The van der Waals surface area contributed by atoms with Gasteiger partial charge in [-0.15, -0.1) is 0 Å². The van der Waals surface area contributed by atoms with Crippen LogP contribution in [-0.2, 0) is 13.0 Å². The van der Waals surface area contributed by atoms with E-state index >= 15 is 0 Å². The summed E-state index contributed by atoms with van der Waals surface area (Å²) in [5.41, 5.74) is 3.07. The van der Waals surface area contributed by atoms with Gasteiger partial charge < -0.3 is 9.84 Å². The molecule has 25 heavy (non-hydrogen) atoms. The SMILES string of the molecule is C=CCOc1ccc(Cl)cc1CN1CC(O)C(Cc2cc(C)[nH]n2)C1. The molecule has 2 atom stereocenters. The van der Waals surface area contributed by atoms with Gasteiger partial charge in [-0.25, -0.2) is 0 Å². The first-order valence-electron chi connectivity index (χ1n) is 8.48. The van der Waals surface area contributed by atoms with Crippen molar-refractivity contribution in [3.63, 3.8) is 0 Å². The number of aryl methyl sites for hydroxylation is 1. The Hall–Kier alpha value is -1.82. The molecule has 0 amide bonds. The summed E-state index contributed by atoms with van der Waals surface area (Å²) in [5, 5.41) is 18.3. The van der Waals surface area contributed by atoms with E-state index in [0.29, 0.717) is 24.7 Å². The molecule has 2 aromatic rings. The molecule has 134 valence electrons. The van der Waals surface area contributed by atoms with Crippen LogP contribution in [0.4, 0.5) is 0 Å². The molecule has 3 rings (SSSR count). The molecule has 6 heteroatoms. The number of likely N-dealkylation sites (tertiary alicyclic amines) is 1. The smallest absolute Gasteiger partial charge is 0.124 e. The molecule has 1 aliphatic heterocycles. The molecule has 2 N–H and O–H groups in total. The predicted molar refractivity (Wildman–Crippen MR) is 98.9 cm³/mol. The monoisotopic (exact) mass is 361 g/mol. The van der Waals surface area contributed by atoms with Gasteiger partial charge in [-0.1, -0.05) is 24.3 Å². The van der Waals surface area contributed by atoms with Crippen LogP contribution in [0.1, 0.15) is 17.0 Å². The van der Waals surface area contributed by atoms with Crippen LogP contribution < -0.4 is 4.74 Å². The molecule has 0 bridgehead atoms. The van der Waals surface area contributed by atoms with Crippen molar-refractivity contribution in [3.8, 4) is 5.75 Å². The second kappa shape index (κ2) is 8.04. The minimum atomic E-state index is -0.353. The van der Waals surface area contributed by atoms with E-state index in [4.69, 9.17) is 16.3 Å². The highest BCUT2D eigenvalue weighted by Gasteiger charge is 2.32. The molecular formula is C19H24ClN3O2. The van der Waals surface area contributed by atoms with Crippen molar-refractivity contribution >= 4 is 11.6 Å². The van der Waals surface area contributed by atoms with Crippen LogP contribution in [0.5, 0.6) is 5.75 Å². The summed E-state index contributed by atoms with van der Waals surface area (Å²) >= 11 is 6.15. The normalized spacial score (nSPS) is 20.8. The van der Waals surface area contributed by atoms with Crippen LogP contribution in [0.3, 0.4) is 0 Å². The lowest BCUT2D eigenvalue weighted by Gasteiger charge is -2.18. The van der Waals surface area contributed by atoms with Crippen molar-refractivity contribution in [2.75, 3.05) is 19.7 Å². The molecule has 0 spiro atoms. The third kappa shape index (κ3) is 4.63. The fourth-order valence-corrected chi connectivity index (χ4v) is 3.52. The maximum atomic E-state index is 10.4. The van der Waals surface area contributed by atoms with Crippen LogP contribution in [-0.4, -0.2) is 46.0 Å². The fourth-order valence-electron chi connectivity index (χ4n) is 3.32. The van der Waals surface area contributed by atoms with E-state index in [2.05, 4.69) is 21.7 Å². The third-order valence-electron chi connectivity index (χ3n) is 4.49. The summed E-state index contributed by atoms with van der Waals surface area (Å²) in [6, 6.07) is 7.67. The highest BCUT2D eigenvalue weighted by molar-refractivity contribution is 6.30. The number of aliphatic hydroxyl groups is 1. The summed E-state index contributed by atoms with van der Waals surface area (Å²) in [6.45, 7) is 8.28. The molecule has 1 aromatic carbocycles. The number of hydrogen-bond acceptors (Lipinski definition) is 4. The number of aromatic amines is 1. The number of aliphatic hydroxyl groups excluding tert-OH is 1. The molecule has 5 nitrogen and oxygen atoms in total. The number of β-amino-alcohol motifs (C(OH)–C–C–N with tert-alkyl or cyclic N) is 1.